The summed E-state index contributed by atoms with van der Waals surface area (Å²) in [6.45, 7) is 3.82. The van der Waals surface area contributed by atoms with Gasteiger partial charge in [-0.1, -0.05) is 48.5 Å². The third-order valence-corrected chi connectivity index (χ3v) is 4.96. The van der Waals surface area contributed by atoms with Gasteiger partial charge in [0.1, 0.15) is 0 Å². The molecule has 0 aliphatic carbocycles. The van der Waals surface area contributed by atoms with Crippen LogP contribution in [0.5, 0.6) is 0 Å². The fraction of sp³-hybridized carbons (Fsp3) is 0.280. The van der Waals surface area contributed by atoms with Crippen LogP contribution in [0.4, 0.5) is 0 Å². The molecule has 5 nitrogen and oxygen atoms in total. The van der Waals surface area contributed by atoms with Crippen LogP contribution in [0.1, 0.15) is 37.0 Å². The van der Waals surface area contributed by atoms with Crippen LogP contribution in [-0.4, -0.2) is 23.6 Å². The normalized spacial score (nSPS) is 12.1. The van der Waals surface area contributed by atoms with Gasteiger partial charge in [0.2, 0.25) is 5.91 Å². The summed E-state index contributed by atoms with van der Waals surface area (Å²) >= 11 is 0. The smallest absolute Gasteiger partial charge is 0.244 e. The van der Waals surface area contributed by atoms with E-state index in [2.05, 4.69) is 28.1 Å². The quantitative estimate of drug-likeness (QED) is 0.390. The molecule has 1 atom stereocenters. The lowest BCUT2D eigenvalue weighted by atomic mass is 10.1. The summed E-state index contributed by atoms with van der Waals surface area (Å²) in [6, 6.07) is 20.3. The van der Waals surface area contributed by atoms with Crippen molar-refractivity contribution in [1.29, 1.82) is 5.26 Å². The maximum absolute atomic E-state index is 12.2. The molecule has 0 bridgehead atoms. The molecule has 5 heteroatoms. The fourth-order valence-corrected chi connectivity index (χ4v) is 3.35. The maximum Gasteiger partial charge on any atom is 0.244 e. The first kappa shape index (κ1) is 21.4. The van der Waals surface area contributed by atoms with Crippen LogP contribution in [0, 0.1) is 11.3 Å². The standard InChI is InChI=1S/C25H27N3O2/c1-20(21-9-3-2-4-10-21)30-18-8-16-27-25(29)14-13-22-19-28(17-7-15-26)24-12-6-5-11-23(22)24/h2-6,9-14,19-20H,7-8,16-18H2,1H3,(H,27,29)/b14-13+. The SMILES string of the molecule is CC(OCCCNC(=O)/C=C/c1cn(CCC#N)c2ccccc12)c1ccccc1. The van der Waals surface area contributed by atoms with Crippen LogP contribution in [0.3, 0.4) is 0 Å². The average Bonchev–Trinajstić information content (AvgIpc) is 3.14. The van der Waals surface area contributed by atoms with E-state index in [-0.39, 0.29) is 12.0 Å². The van der Waals surface area contributed by atoms with Gasteiger partial charge in [-0.05, 0) is 31.1 Å². The van der Waals surface area contributed by atoms with Crippen LogP contribution < -0.4 is 5.32 Å². The number of benzene rings is 2. The van der Waals surface area contributed by atoms with E-state index >= 15 is 0 Å². The number of aryl methyl sites for hydroxylation is 1. The molecule has 0 spiro atoms. The topological polar surface area (TPSA) is 67.0 Å². The number of ether oxygens (including phenoxy) is 1. The summed E-state index contributed by atoms with van der Waals surface area (Å²) in [5, 5.41) is 12.8. The molecule has 30 heavy (non-hydrogen) atoms. The highest BCUT2D eigenvalue weighted by atomic mass is 16.5. The van der Waals surface area contributed by atoms with E-state index in [1.807, 2.05) is 61.7 Å². The van der Waals surface area contributed by atoms with E-state index in [4.69, 9.17) is 10.00 Å². The van der Waals surface area contributed by atoms with Crippen molar-refractivity contribution in [3.63, 3.8) is 0 Å². The van der Waals surface area contributed by atoms with Crippen LogP contribution in [0.25, 0.3) is 17.0 Å². The highest BCUT2D eigenvalue weighted by molar-refractivity contribution is 5.96. The number of aromatic nitrogens is 1. The van der Waals surface area contributed by atoms with Crippen molar-refractivity contribution in [2.45, 2.75) is 32.4 Å². The summed E-state index contributed by atoms with van der Waals surface area (Å²) in [5.41, 5.74) is 3.19. The third-order valence-electron chi connectivity index (χ3n) is 4.96. The van der Waals surface area contributed by atoms with Crippen molar-refractivity contribution in [3.8, 4) is 6.07 Å². The number of rotatable bonds is 10. The zero-order valence-corrected chi connectivity index (χ0v) is 17.3. The van der Waals surface area contributed by atoms with Gasteiger partial charge in [-0.3, -0.25) is 4.79 Å². The molecule has 1 aromatic heterocycles. The van der Waals surface area contributed by atoms with Crippen LogP contribution >= 0.6 is 0 Å². The second-order valence-electron chi connectivity index (χ2n) is 7.10. The molecular formula is C25H27N3O2. The Bertz CT molecular complexity index is 1030. The predicted molar refractivity (Wildman–Crippen MR) is 120 cm³/mol. The Morgan fingerprint density at radius 3 is 2.77 bits per heavy atom. The number of nitriles is 1. The van der Waals surface area contributed by atoms with Gasteiger partial charge >= 0.3 is 0 Å². The highest BCUT2D eigenvalue weighted by Crippen LogP contribution is 2.22. The molecule has 0 aliphatic rings. The number of carbonyl (C=O) groups excluding carboxylic acids is 1. The van der Waals surface area contributed by atoms with E-state index in [0.717, 1.165) is 28.5 Å². The van der Waals surface area contributed by atoms with E-state index in [0.29, 0.717) is 26.1 Å². The number of hydrogen-bond acceptors (Lipinski definition) is 3. The van der Waals surface area contributed by atoms with Gasteiger partial charge in [0.05, 0.1) is 18.6 Å². The average molecular weight is 402 g/mol. The number of nitrogens with one attached hydrogen (secondary N) is 1. The summed E-state index contributed by atoms with van der Waals surface area (Å²) in [6.07, 6.45) is 6.63. The van der Waals surface area contributed by atoms with Gasteiger partial charge < -0.3 is 14.6 Å². The molecule has 0 saturated heterocycles. The number of nitrogens with zero attached hydrogens (tertiary/aromatic N) is 2. The minimum Gasteiger partial charge on any atom is -0.374 e. The molecule has 3 aromatic rings. The molecule has 0 fully saturated rings. The molecule has 1 N–H and O–H groups in total. The molecule has 1 amide bonds. The minimum absolute atomic E-state index is 0.0418. The fourth-order valence-electron chi connectivity index (χ4n) is 3.35. The molecule has 0 saturated carbocycles. The zero-order valence-electron chi connectivity index (χ0n) is 17.3. The lowest BCUT2D eigenvalue weighted by Crippen LogP contribution is -2.23. The van der Waals surface area contributed by atoms with Crippen molar-refractivity contribution in [2.24, 2.45) is 0 Å². The summed E-state index contributed by atoms with van der Waals surface area (Å²) in [5.74, 6) is -0.125. The Labute approximate surface area is 177 Å². The Balaban J connectivity index is 1.46. The van der Waals surface area contributed by atoms with Crippen molar-refractivity contribution >= 4 is 22.9 Å². The van der Waals surface area contributed by atoms with Crippen molar-refractivity contribution in [2.75, 3.05) is 13.2 Å². The molecule has 2 aromatic carbocycles. The van der Waals surface area contributed by atoms with Crippen LogP contribution in [0.2, 0.25) is 0 Å². The van der Waals surface area contributed by atoms with E-state index in [1.165, 1.54) is 0 Å². The summed E-state index contributed by atoms with van der Waals surface area (Å²) in [7, 11) is 0. The number of carbonyl (C=O) groups is 1. The van der Waals surface area contributed by atoms with Gasteiger partial charge in [-0.15, -0.1) is 0 Å². The monoisotopic (exact) mass is 401 g/mol. The Morgan fingerprint density at radius 2 is 1.97 bits per heavy atom. The van der Waals surface area contributed by atoms with Crippen molar-refractivity contribution in [1.82, 2.24) is 9.88 Å². The van der Waals surface area contributed by atoms with Crippen LogP contribution in [0.15, 0.2) is 66.9 Å². The first-order valence-electron chi connectivity index (χ1n) is 10.3. The Hall–Kier alpha value is -3.36. The van der Waals surface area contributed by atoms with Crippen molar-refractivity contribution in [3.05, 3.63) is 78.0 Å². The molecule has 1 heterocycles. The van der Waals surface area contributed by atoms with E-state index in [1.54, 1.807) is 6.08 Å². The molecule has 1 unspecified atom stereocenters. The Kier molecular flexibility index (Phi) is 7.82. The number of fused-ring (bicyclic) bond motifs is 1. The maximum atomic E-state index is 12.2. The van der Waals surface area contributed by atoms with E-state index < -0.39 is 0 Å². The van der Waals surface area contributed by atoms with Gasteiger partial charge in [0.25, 0.3) is 0 Å². The van der Waals surface area contributed by atoms with Gasteiger partial charge in [0.15, 0.2) is 0 Å². The lowest BCUT2D eigenvalue weighted by molar-refractivity contribution is -0.116. The first-order valence-corrected chi connectivity index (χ1v) is 10.3. The molecule has 0 radical (unpaired) electrons. The Morgan fingerprint density at radius 1 is 1.20 bits per heavy atom. The molecular weight excluding hydrogens is 374 g/mol. The van der Waals surface area contributed by atoms with Crippen molar-refractivity contribution < 1.29 is 9.53 Å². The summed E-state index contributed by atoms with van der Waals surface area (Å²) in [4.78, 5) is 12.2. The first-order chi connectivity index (χ1) is 14.7. The molecule has 0 aliphatic heterocycles. The number of amides is 1. The van der Waals surface area contributed by atoms with Gasteiger partial charge in [-0.25, -0.2) is 0 Å². The zero-order chi connectivity index (χ0) is 21.2. The highest BCUT2D eigenvalue weighted by Gasteiger charge is 2.07. The number of hydrogen-bond donors (Lipinski definition) is 1. The molecule has 3 rings (SSSR count). The van der Waals surface area contributed by atoms with Crippen LogP contribution in [-0.2, 0) is 16.1 Å². The van der Waals surface area contributed by atoms with E-state index in [9.17, 15) is 4.79 Å². The van der Waals surface area contributed by atoms with Gasteiger partial charge in [-0.2, -0.15) is 5.26 Å². The minimum atomic E-state index is -0.125. The lowest BCUT2D eigenvalue weighted by Gasteiger charge is -2.13. The summed E-state index contributed by atoms with van der Waals surface area (Å²) < 4.78 is 7.88. The largest absolute Gasteiger partial charge is 0.374 e. The third kappa shape index (κ3) is 5.82. The number of para-hydroxylation sites is 1. The second-order valence-corrected chi connectivity index (χ2v) is 7.10. The van der Waals surface area contributed by atoms with Gasteiger partial charge in [0, 0.05) is 48.4 Å². The molecule has 154 valence electrons. The predicted octanol–water partition coefficient (Wildman–Crippen LogP) is 4.85. The second kappa shape index (κ2) is 11.0.